The van der Waals surface area contributed by atoms with Gasteiger partial charge in [-0.05, 0) is 29.7 Å². The van der Waals surface area contributed by atoms with Crippen molar-refractivity contribution in [3.05, 3.63) is 78.0 Å². The van der Waals surface area contributed by atoms with Crippen molar-refractivity contribution < 1.29 is 4.79 Å². The minimum Gasteiger partial charge on any atom is -0.351 e. The molecule has 1 heterocycles. The maximum Gasteiger partial charge on any atom is 0.251 e. The van der Waals surface area contributed by atoms with Crippen LogP contribution >= 0.6 is 0 Å². The molecule has 0 fully saturated rings. The highest BCUT2D eigenvalue weighted by Crippen LogP contribution is 2.17. The summed E-state index contributed by atoms with van der Waals surface area (Å²) in [6, 6.07) is 19.6. The molecule has 3 heteroatoms. The second kappa shape index (κ2) is 6.39. The van der Waals surface area contributed by atoms with Gasteiger partial charge in [0.15, 0.2) is 0 Å². The van der Waals surface area contributed by atoms with Gasteiger partial charge in [0, 0.05) is 23.7 Å². The summed E-state index contributed by atoms with van der Waals surface area (Å²) in [6.07, 6.45) is 1.74. The Kier molecular flexibility index (Phi) is 4.15. The number of benzene rings is 2. The van der Waals surface area contributed by atoms with E-state index in [0.29, 0.717) is 12.1 Å². The third-order valence-corrected chi connectivity index (χ3v) is 3.83. The molecule has 3 nitrogen and oxygen atoms in total. The van der Waals surface area contributed by atoms with Gasteiger partial charge in [-0.25, -0.2) is 0 Å². The van der Waals surface area contributed by atoms with E-state index in [9.17, 15) is 4.79 Å². The van der Waals surface area contributed by atoms with E-state index in [2.05, 4.69) is 29.4 Å². The van der Waals surface area contributed by atoms with Crippen LogP contribution in [0.5, 0.6) is 0 Å². The summed E-state index contributed by atoms with van der Waals surface area (Å²) < 4.78 is 0. The van der Waals surface area contributed by atoms with Gasteiger partial charge in [0.05, 0.1) is 5.52 Å². The molecule has 1 N–H and O–H groups in total. The number of pyridine rings is 1. The molecule has 1 atom stereocenters. The Bertz CT molecular complexity index is 778. The van der Waals surface area contributed by atoms with Gasteiger partial charge in [-0.1, -0.05) is 49.4 Å². The van der Waals surface area contributed by atoms with E-state index in [4.69, 9.17) is 0 Å². The molecule has 0 aliphatic carbocycles. The van der Waals surface area contributed by atoms with Gasteiger partial charge < -0.3 is 5.32 Å². The lowest BCUT2D eigenvalue weighted by Gasteiger charge is -2.13. The number of carbonyl (C=O) groups is 1. The molecule has 1 aromatic heterocycles. The predicted molar refractivity (Wildman–Crippen MR) is 88.9 cm³/mol. The molecule has 0 unspecified atom stereocenters. The lowest BCUT2D eigenvalue weighted by Crippen LogP contribution is -2.27. The topological polar surface area (TPSA) is 42.0 Å². The molecule has 0 aliphatic heterocycles. The number of aromatic nitrogens is 1. The van der Waals surface area contributed by atoms with E-state index in [1.54, 1.807) is 6.20 Å². The van der Waals surface area contributed by atoms with Crippen LogP contribution in [0.15, 0.2) is 66.9 Å². The SMILES string of the molecule is C[C@@H](CNC(=O)c1cccc2ncccc12)c1ccccc1. The Hall–Kier alpha value is -2.68. The van der Waals surface area contributed by atoms with Crippen molar-refractivity contribution in [2.75, 3.05) is 6.54 Å². The molecule has 2 aromatic carbocycles. The lowest BCUT2D eigenvalue weighted by molar-refractivity contribution is 0.0953. The average molecular weight is 290 g/mol. The van der Waals surface area contributed by atoms with Crippen LogP contribution < -0.4 is 5.32 Å². The summed E-state index contributed by atoms with van der Waals surface area (Å²) in [4.78, 5) is 16.7. The first-order valence-corrected chi connectivity index (χ1v) is 7.42. The van der Waals surface area contributed by atoms with Crippen LogP contribution in [0, 0.1) is 0 Å². The van der Waals surface area contributed by atoms with E-state index < -0.39 is 0 Å². The van der Waals surface area contributed by atoms with E-state index >= 15 is 0 Å². The fourth-order valence-electron chi connectivity index (χ4n) is 2.54. The molecule has 3 rings (SSSR count). The minimum absolute atomic E-state index is 0.0543. The highest BCUT2D eigenvalue weighted by molar-refractivity contribution is 6.06. The van der Waals surface area contributed by atoms with Gasteiger partial charge in [-0.3, -0.25) is 9.78 Å². The van der Waals surface area contributed by atoms with Crippen molar-refractivity contribution in [1.29, 1.82) is 0 Å². The van der Waals surface area contributed by atoms with Crippen LogP contribution in [0.2, 0.25) is 0 Å². The van der Waals surface area contributed by atoms with Gasteiger partial charge in [0.1, 0.15) is 0 Å². The molecule has 0 radical (unpaired) electrons. The predicted octanol–water partition coefficient (Wildman–Crippen LogP) is 3.77. The number of amides is 1. The van der Waals surface area contributed by atoms with E-state index in [1.165, 1.54) is 5.56 Å². The minimum atomic E-state index is -0.0543. The fraction of sp³-hybridized carbons (Fsp3) is 0.158. The van der Waals surface area contributed by atoms with Crippen molar-refractivity contribution in [1.82, 2.24) is 10.3 Å². The second-order valence-electron chi connectivity index (χ2n) is 5.40. The number of carbonyl (C=O) groups excluding carboxylic acids is 1. The summed E-state index contributed by atoms with van der Waals surface area (Å²) in [6.45, 7) is 2.72. The first kappa shape index (κ1) is 14.3. The number of hydrogen-bond acceptors (Lipinski definition) is 2. The van der Waals surface area contributed by atoms with Crippen molar-refractivity contribution in [3.63, 3.8) is 0 Å². The molecule has 110 valence electrons. The van der Waals surface area contributed by atoms with Crippen molar-refractivity contribution in [3.8, 4) is 0 Å². The van der Waals surface area contributed by atoms with Crippen molar-refractivity contribution in [2.24, 2.45) is 0 Å². The van der Waals surface area contributed by atoms with Crippen LogP contribution in [-0.2, 0) is 0 Å². The van der Waals surface area contributed by atoms with Gasteiger partial charge in [0.25, 0.3) is 5.91 Å². The summed E-state index contributed by atoms with van der Waals surface area (Å²) >= 11 is 0. The largest absolute Gasteiger partial charge is 0.351 e. The zero-order valence-electron chi connectivity index (χ0n) is 12.5. The summed E-state index contributed by atoms with van der Waals surface area (Å²) in [5.41, 5.74) is 2.74. The number of nitrogens with one attached hydrogen (secondary N) is 1. The summed E-state index contributed by atoms with van der Waals surface area (Å²) in [5, 5.41) is 3.91. The van der Waals surface area contributed by atoms with Crippen molar-refractivity contribution in [2.45, 2.75) is 12.8 Å². The van der Waals surface area contributed by atoms with E-state index in [0.717, 1.165) is 10.9 Å². The molecule has 22 heavy (non-hydrogen) atoms. The normalized spacial score (nSPS) is 12.0. The molecule has 0 bridgehead atoms. The highest BCUT2D eigenvalue weighted by atomic mass is 16.1. The molecule has 0 saturated heterocycles. The smallest absolute Gasteiger partial charge is 0.251 e. The number of fused-ring (bicyclic) bond motifs is 1. The zero-order valence-corrected chi connectivity index (χ0v) is 12.5. The Morgan fingerprint density at radius 3 is 2.68 bits per heavy atom. The van der Waals surface area contributed by atoms with Crippen LogP contribution in [0.4, 0.5) is 0 Å². The second-order valence-corrected chi connectivity index (χ2v) is 5.40. The Balaban J connectivity index is 1.74. The first-order valence-electron chi connectivity index (χ1n) is 7.42. The number of hydrogen-bond donors (Lipinski definition) is 1. The van der Waals surface area contributed by atoms with Crippen LogP contribution in [-0.4, -0.2) is 17.4 Å². The quantitative estimate of drug-likeness (QED) is 0.794. The fourth-order valence-corrected chi connectivity index (χ4v) is 2.54. The van der Waals surface area contributed by atoms with Crippen LogP contribution in [0.1, 0.15) is 28.8 Å². The molecular formula is C19H18N2O. The highest BCUT2D eigenvalue weighted by Gasteiger charge is 2.12. The van der Waals surface area contributed by atoms with Crippen LogP contribution in [0.25, 0.3) is 10.9 Å². The van der Waals surface area contributed by atoms with Gasteiger partial charge >= 0.3 is 0 Å². The third-order valence-electron chi connectivity index (χ3n) is 3.83. The first-order chi connectivity index (χ1) is 10.8. The Morgan fingerprint density at radius 2 is 1.86 bits per heavy atom. The number of nitrogens with zero attached hydrogens (tertiary/aromatic N) is 1. The zero-order chi connectivity index (χ0) is 15.4. The molecule has 0 aliphatic rings. The molecule has 0 spiro atoms. The number of rotatable bonds is 4. The van der Waals surface area contributed by atoms with Gasteiger partial charge in [-0.15, -0.1) is 0 Å². The monoisotopic (exact) mass is 290 g/mol. The standard InChI is InChI=1S/C19H18N2O/c1-14(15-7-3-2-4-8-15)13-21-19(22)17-9-5-11-18-16(17)10-6-12-20-18/h2-12,14H,13H2,1H3,(H,21,22)/t14-/m0/s1. The average Bonchev–Trinajstić information content (AvgIpc) is 2.59. The maximum atomic E-state index is 12.5. The third kappa shape index (κ3) is 2.98. The Morgan fingerprint density at radius 1 is 1.05 bits per heavy atom. The van der Waals surface area contributed by atoms with Crippen molar-refractivity contribution >= 4 is 16.8 Å². The Labute approximate surface area is 130 Å². The van der Waals surface area contributed by atoms with Crippen LogP contribution in [0.3, 0.4) is 0 Å². The maximum absolute atomic E-state index is 12.5. The van der Waals surface area contributed by atoms with E-state index in [1.807, 2.05) is 48.5 Å². The van der Waals surface area contributed by atoms with Gasteiger partial charge in [0.2, 0.25) is 0 Å². The van der Waals surface area contributed by atoms with E-state index in [-0.39, 0.29) is 11.8 Å². The summed E-state index contributed by atoms with van der Waals surface area (Å²) in [5.74, 6) is 0.222. The molecular weight excluding hydrogens is 272 g/mol. The molecule has 1 amide bonds. The lowest BCUT2D eigenvalue weighted by atomic mass is 10.0. The molecule has 3 aromatic rings. The summed E-state index contributed by atoms with van der Waals surface area (Å²) in [7, 11) is 0. The van der Waals surface area contributed by atoms with Gasteiger partial charge in [-0.2, -0.15) is 0 Å². The molecule has 0 saturated carbocycles.